The average Bonchev–Trinajstić information content (AvgIpc) is 3.39. The molecule has 0 radical (unpaired) electrons. The number of ether oxygens (including phenoxy) is 2. The zero-order valence-corrected chi connectivity index (χ0v) is 16.4. The lowest BCUT2D eigenvalue weighted by Gasteiger charge is -2.22. The van der Waals surface area contributed by atoms with E-state index < -0.39 is 17.8 Å². The molecule has 2 aliphatic rings. The number of carbonyl (C=O) groups excluding carboxylic acids is 1. The van der Waals surface area contributed by atoms with E-state index >= 15 is 0 Å². The lowest BCUT2D eigenvalue weighted by molar-refractivity contribution is -0.142. The molecule has 0 unspecified atom stereocenters. The van der Waals surface area contributed by atoms with Crippen LogP contribution in [0.2, 0.25) is 0 Å². The van der Waals surface area contributed by atoms with Gasteiger partial charge in [-0.1, -0.05) is 19.3 Å². The van der Waals surface area contributed by atoms with Gasteiger partial charge in [0.25, 0.3) is 5.91 Å². The normalized spacial score (nSPS) is 16.6. The number of rotatable bonds is 3. The van der Waals surface area contributed by atoms with Crippen LogP contribution >= 0.6 is 0 Å². The first kappa shape index (κ1) is 19.7. The molecule has 1 amide bonds. The Bertz CT molecular complexity index is 1150. The van der Waals surface area contributed by atoms with Crippen LogP contribution in [0.3, 0.4) is 0 Å². The zero-order valence-electron chi connectivity index (χ0n) is 16.4. The Labute approximate surface area is 175 Å². The van der Waals surface area contributed by atoms with Gasteiger partial charge >= 0.3 is 6.18 Å². The highest BCUT2D eigenvalue weighted by Crippen LogP contribution is 2.37. The molecule has 0 bridgehead atoms. The number of aromatic nitrogens is 3. The van der Waals surface area contributed by atoms with Gasteiger partial charge in [0.2, 0.25) is 6.79 Å². The molecular formula is C21H19F3N4O3. The Hall–Kier alpha value is -3.30. The lowest BCUT2D eigenvalue weighted by Crippen LogP contribution is -2.36. The summed E-state index contributed by atoms with van der Waals surface area (Å²) in [6, 6.07) is 7.03. The molecule has 0 atom stereocenters. The van der Waals surface area contributed by atoms with Gasteiger partial charge in [-0.3, -0.25) is 4.79 Å². The van der Waals surface area contributed by atoms with Crippen molar-refractivity contribution in [1.29, 1.82) is 0 Å². The molecule has 1 N–H and O–H groups in total. The predicted octanol–water partition coefficient (Wildman–Crippen LogP) is 4.21. The third-order valence-electron chi connectivity index (χ3n) is 5.56. The molecule has 2 aromatic heterocycles. The summed E-state index contributed by atoms with van der Waals surface area (Å²) in [6.45, 7) is 0.0567. The summed E-state index contributed by atoms with van der Waals surface area (Å²) in [5.74, 6) is 0.468. The Morgan fingerprint density at radius 3 is 2.61 bits per heavy atom. The highest BCUT2D eigenvalue weighted by Gasteiger charge is 2.36. The van der Waals surface area contributed by atoms with Crippen LogP contribution in [0.15, 0.2) is 30.3 Å². The van der Waals surface area contributed by atoms with Gasteiger partial charge in [0.05, 0.1) is 5.69 Å². The Morgan fingerprint density at radius 2 is 1.84 bits per heavy atom. The second-order valence-corrected chi connectivity index (χ2v) is 7.70. The third-order valence-corrected chi connectivity index (χ3v) is 5.56. The summed E-state index contributed by atoms with van der Waals surface area (Å²) >= 11 is 0. The van der Waals surface area contributed by atoms with Gasteiger partial charge < -0.3 is 14.8 Å². The quantitative estimate of drug-likeness (QED) is 0.671. The summed E-state index contributed by atoms with van der Waals surface area (Å²) < 4.78 is 52.6. The molecule has 1 aliphatic carbocycles. The van der Waals surface area contributed by atoms with Gasteiger partial charge in [-0.15, -0.1) is 0 Å². The Morgan fingerprint density at radius 1 is 1.06 bits per heavy atom. The first-order valence-electron chi connectivity index (χ1n) is 10.1. The molecule has 7 nitrogen and oxygen atoms in total. The van der Waals surface area contributed by atoms with Gasteiger partial charge in [-0.25, -0.2) is 9.50 Å². The van der Waals surface area contributed by atoms with Crippen molar-refractivity contribution < 1.29 is 27.4 Å². The summed E-state index contributed by atoms with van der Waals surface area (Å²) in [5, 5.41) is 6.79. The largest absolute Gasteiger partial charge is 0.454 e. The number of hydrogen-bond donors (Lipinski definition) is 1. The number of alkyl halides is 3. The van der Waals surface area contributed by atoms with Crippen LogP contribution in [0.5, 0.6) is 11.5 Å². The second-order valence-electron chi connectivity index (χ2n) is 7.70. The lowest BCUT2D eigenvalue weighted by atomic mass is 9.95. The highest BCUT2D eigenvalue weighted by molar-refractivity contribution is 5.93. The Balaban J connectivity index is 1.54. The predicted molar refractivity (Wildman–Crippen MR) is 104 cm³/mol. The van der Waals surface area contributed by atoms with E-state index in [1.807, 2.05) is 0 Å². The van der Waals surface area contributed by atoms with Crippen molar-refractivity contribution in [3.8, 4) is 22.8 Å². The minimum absolute atomic E-state index is 0.0188. The van der Waals surface area contributed by atoms with Gasteiger partial charge in [0.15, 0.2) is 28.5 Å². The first-order chi connectivity index (χ1) is 14.9. The molecule has 10 heteroatoms. The molecular weight excluding hydrogens is 413 g/mol. The van der Waals surface area contributed by atoms with Crippen molar-refractivity contribution in [2.24, 2.45) is 0 Å². The fourth-order valence-corrected chi connectivity index (χ4v) is 4.00. The molecule has 162 valence electrons. The topological polar surface area (TPSA) is 77.8 Å². The molecule has 0 spiro atoms. The van der Waals surface area contributed by atoms with Crippen LogP contribution < -0.4 is 14.8 Å². The van der Waals surface area contributed by atoms with Gasteiger partial charge in [0, 0.05) is 17.7 Å². The van der Waals surface area contributed by atoms with E-state index in [1.165, 1.54) is 6.07 Å². The number of amides is 1. The van der Waals surface area contributed by atoms with Crippen molar-refractivity contribution in [2.75, 3.05) is 6.79 Å². The van der Waals surface area contributed by atoms with Crippen LogP contribution in [-0.2, 0) is 6.18 Å². The number of benzene rings is 1. The van der Waals surface area contributed by atoms with E-state index in [1.54, 1.807) is 18.2 Å². The molecule has 3 aromatic rings. The number of hydrogen-bond acceptors (Lipinski definition) is 5. The van der Waals surface area contributed by atoms with Crippen LogP contribution in [-0.4, -0.2) is 33.3 Å². The number of fused-ring (bicyclic) bond motifs is 2. The summed E-state index contributed by atoms with van der Waals surface area (Å²) in [4.78, 5) is 16.9. The number of nitrogens with zero attached hydrogens (tertiary/aromatic N) is 3. The molecule has 1 fully saturated rings. The fourth-order valence-electron chi connectivity index (χ4n) is 4.00. The van der Waals surface area contributed by atoms with E-state index in [2.05, 4.69) is 15.4 Å². The van der Waals surface area contributed by atoms with Gasteiger partial charge in [-0.2, -0.15) is 18.3 Å². The zero-order chi connectivity index (χ0) is 21.6. The van der Waals surface area contributed by atoms with E-state index in [9.17, 15) is 18.0 Å². The van der Waals surface area contributed by atoms with E-state index in [4.69, 9.17) is 9.47 Å². The smallest absolute Gasteiger partial charge is 0.433 e. The summed E-state index contributed by atoms with van der Waals surface area (Å²) in [6.07, 6.45) is 0.208. The molecule has 1 aliphatic heterocycles. The Kier molecular flexibility index (Phi) is 4.71. The highest BCUT2D eigenvalue weighted by atomic mass is 19.4. The number of halogens is 3. The minimum atomic E-state index is -4.69. The molecule has 3 heterocycles. The van der Waals surface area contributed by atoms with E-state index in [-0.39, 0.29) is 29.9 Å². The maximum absolute atomic E-state index is 13.8. The van der Waals surface area contributed by atoms with Crippen molar-refractivity contribution in [3.63, 3.8) is 0 Å². The van der Waals surface area contributed by atoms with Crippen LogP contribution in [0.25, 0.3) is 16.9 Å². The maximum Gasteiger partial charge on any atom is 0.433 e. The minimum Gasteiger partial charge on any atom is -0.454 e. The number of nitrogens with one attached hydrogen (secondary N) is 1. The molecule has 1 aromatic carbocycles. The summed E-state index contributed by atoms with van der Waals surface area (Å²) in [5.41, 5.74) is -0.631. The van der Waals surface area contributed by atoms with Crippen molar-refractivity contribution in [2.45, 2.75) is 44.3 Å². The maximum atomic E-state index is 13.8. The monoisotopic (exact) mass is 432 g/mol. The molecule has 1 saturated carbocycles. The van der Waals surface area contributed by atoms with E-state index in [0.717, 1.165) is 38.2 Å². The third kappa shape index (κ3) is 3.77. The van der Waals surface area contributed by atoms with Crippen LogP contribution in [0.1, 0.15) is 48.3 Å². The van der Waals surface area contributed by atoms with Gasteiger partial charge in [0.1, 0.15) is 0 Å². The standard InChI is InChI=1S/C21H19F3N4O3/c22-21(23,24)18-9-14(12-6-7-16-17(8-12)31-11-30-16)26-19-10-15(27-28(18)19)20(29)25-13-4-2-1-3-5-13/h6-10,13H,1-5,11H2,(H,25,29). The van der Waals surface area contributed by atoms with Crippen molar-refractivity contribution >= 4 is 11.6 Å². The van der Waals surface area contributed by atoms with Crippen molar-refractivity contribution in [1.82, 2.24) is 19.9 Å². The summed E-state index contributed by atoms with van der Waals surface area (Å²) in [7, 11) is 0. The van der Waals surface area contributed by atoms with E-state index in [0.29, 0.717) is 21.6 Å². The number of carbonyl (C=O) groups is 1. The fraction of sp³-hybridized carbons (Fsp3) is 0.381. The van der Waals surface area contributed by atoms with Gasteiger partial charge in [-0.05, 0) is 37.1 Å². The average molecular weight is 432 g/mol. The van der Waals surface area contributed by atoms with Crippen LogP contribution in [0.4, 0.5) is 13.2 Å². The van der Waals surface area contributed by atoms with Crippen LogP contribution in [0, 0.1) is 0 Å². The second kappa shape index (κ2) is 7.44. The van der Waals surface area contributed by atoms with Crippen molar-refractivity contribution in [3.05, 3.63) is 41.7 Å². The first-order valence-corrected chi connectivity index (χ1v) is 10.1. The molecule has 5 rings (SSSR count). The SMILES string of the molecule is O=C(NC1CCCCC1)c1cc2nc(-c3ccc4c(c3)OCO4)cc(C(F)(F)F)n2n1. The molecule has 0 saturated heterocycles. The molecule has 31 heavy (non-hydrogen) atoms.